The molecule has 0 aromatic heterocycles. The van der Waals surface area contributed by atoms with Gasteiger partial charge in [-0.25, -0.2) is 4.79 Å². The van der Waals surface area contributed by atoms with Crippen molar-refractivity contribution >= 4 is 16.9 Å². The number of piperidine rings is 1. The second kappa shape index (κ2) is 6.87. The molecule has 1 heterocycles. The molecule has 1 amide bonds. The molecule has 3 rings (SSSR count). The van der Waals surface area contributed by atoms with Gasteiger partial charge in [-0.05, 0) is 51.5 Å². The van der Waals surface area contributed by atoms with E-state index in [1.54, 1.807) is 0 Å². The lowest BCUT2D eigenvalue weighted by atomic mass is 10.0. The number of hydrogen-bond donors (Lipinski definition) is 0. The van der Waals surface area contributed by atoms with Gasteiger partial charge in [0.25, 0.3) is 0 Å². The van der Waals surface area contributed by atoms with E-state index in [-0.39, 0.29) is 18.2 Å². The maximum absolute atomic E-state index is 12.6. The van der Waals surface area contributed by atoms with Gasteiger partial charge in [-0.15, -0.1) is 0 Å². The van der Waals surface area contributed by atoms with Crippen LogP contribution in [0, 0.1) is 5.92 Å². The second-order valence-corrected chi connectivity index (χ2v) is 9.42. The first-order chi connectivity index (χ1) is 11.3. The van der Waals surface area contributed by atoms with Crippen LogP contribution in [0.25, 0.3) is 0 Å². The highest BCUT2D eigenvalue weighted by Gasteiger charge is 2.49. The molecule has 4 nitrogen and oxygen atoms in total. The zero-order valence-electron chi connectivity index (χ0n) is 14.7. The van der Waals surface area contributed by atoms with Gasteiger partial charge in [0.1, 0.15) is 5.60 Å². The molecule has 24 heavy (non-hydrogen) atoms. The molecule has 4 atom stereocenters. The topological polar surface area (TPSA) is 46.6 Å². The van der Waals surface area contributed by atoms with E-state index in [4.69, 9.17) is 4.74 Å². The lowest BCUT2D eigenvalue weighted by Crippen LogP contribution is -2.49. The Morgan fingerprint density at radius 2 is 1.96 bits per heavy atom. The number of ether oxygens (including phenoxy) is 1. The van der Waals surface area contributed by atoms with Gasteiger partial charge in [0.15, 0.2) is 0 Å². The molecule has 0 N–H and O–H groups in total. The quantitative estimate of drug-likeness (QED) is 0.832. The molecule has 2 bridgehead atoms. The molecule has 0 spiro atoms. The van der Waals surface area contributed by atoms with E-state index in [9.17, 15) is 9.00 Å². The number of carbonyl (C=O) groups excluding carboxylic acids is 1. The molecule has 2 aliphatic rings. The Labute approximate surface area is 147 Å². The van der Waals surface area contributed by atoms with Crippen molar-refractivity contribution in [2.75, 3.05) is 5.75 Å². The lowest BCUT2D eigenvalue weighted by Gasteiger charge is -2.36. The Hall–Kier alpha value is -1.36. The van der Waals surface area contributed by atoms with E-state index < -0.39 is 16.4 Å². The fourth-order valence-electron chi connectivity index (χ4n) is 3.92. The van der Waals surface area contributed by atoms with Crippen molar-refractivity contribution < 1.29 is 13.7 Å². The van der Waals surface area contributed by atoms with Gasteiger partial charge in [0.05, 0.1) is 0 Å². The van der Waals surface area contributed by atoms with E-state index in [0.29, 0.717) is 17.4 Å². The number of likely N-dealkylation sites (tertiary alicyclic amines) is 1. The molecule has 1 saturated carbocycles. The van der Waals surface area contributed by atoms with Gasteiger partial charge >= 0.3 is 6.09 Å². The first-order valence-corrected chi connectivity index (χ1v) is 10.2. The molecule has 132 valence electrons. The van der Waals surface area contributed by atoms with Crippen LogP contribution < -0.4 is 0 Å². The monoisotopic (exact) mass is 349 g/mol. The van der Waals surface area contributed by atoms with Crippen molar-refractivity contribution in [1.82, 2.24) is 4.90 Å². The van der Waals surface area contributed by atoms with Gasteiger partial charge in [0.2, 0.25) is 0 Å². The Morgan fingerprint density at radius 3 is 2.62 bits per heavy atom. The summed E-state index contributed by atoms with van der Waals surface area (Å²) in [6.07, 6.45) is 2.98. The van der Waals surface area contributed by atoms with Crippen molar-refractivity contribution in [3.63, 3.8) is 0 Å². The van der Waals surface area contributed by atoms with Crippen molar-refractivity contribution in [1.29, 1.82) is 0 Å². The zero-order chi connectivity index (χ0) is 17.3. The van der Waals surface area contributed by atoms with E-state index >= 15 is 0 Å². The van der Waals surface area contributed by atoms with Gasteiger partial charge in [-0.1, -0.05) is 30.3 Å². The third-order valence-corrected chi connectivity index (χ3v) is 6.24. The molecule has 1 aliphatic heterocycles. The van der Waals surface area contributed by atoms with Crippen LogP contribution >= 0.6 is 0 Å². The highest BCUT2D eigenvalue weighted by Crippen LogP contribution is 2.43. The standard InChI is InChI=1S/C19H27NO3S/c1-19(2,3)23-18(21)20-16-10-9-15(11-16)17(20)13-24(22)12-14-7-5-4-6-8-14/h4-8,15-17H,9-13H2,1-3H3/t15-,16+,17+,24-/m1/s1. The summed E-state index contributed by atoms with van der Waals surface area (Å²) in [6, 6.07) is 10.2. The van der Waals surface area contributed by atoms with Crippen molar-refractivity contribution in [2.24, 2.45) is 5.92 Å². The minimum atomic E-state index is -0.972. The average Bonchev–Trinajstić information content (AvgIpc) is 3.07. The van der Waals surface area contributed by atoms with Gasteiger partial charge < -0.3 is 9.64 Å². The Balaban J connectivity index is 1.66. The molecule has 1 aliphatic carbocycles. The summed E-state index contributed by atoms with van der Waals surface area (Å²) >= 11 is 0. The number of carbonyl (C=O) groups is 1. The van der Waals surface area contributed by atoms with Crippen LogP contribution in [-0.2, 0) is 21.3 Å². The molecule has 0 radical (unpaired) electrons. The molecule has 1 aromatic rings. The number of benzene rings is 1. The van der Waals surface area contributed by atoms with E-state index in [1.807, 2.05) is 56.0 Å². The molecular weight excluding hydrogens is 322 g/mol. The predicted octanol–water partition coefficient (Wildman–Crippen LogP) is 3.72. The first kappa shape index (κ1) is 17.5. The van der Waals surface area contributed by atoms with Crippen molar-refractivity contribution in [3.05, 3.63) is 35.9 Å². The minimum Gasteiger partial charge on any atom is -0.444 e. The SMILES string of the molecule is CC(C)(C)OC(=O)N1[C@H]2CC[C@H](C2)[C@@H]1C[S@](=O)Cc1ccccc1. The molecular formula is C19H27NO3S. The largest absolute Gasteiger partial charge is 0.444 e. The van der Waals surface area contributed by atoms with E-state index in [2.05, 4.69) is 0 Å². The zero-order valence-corrected chi connectivity index (χ0v) is 15.6. The number of amides is 1. The van der Waals surface area contributed by atoms with Crippen LogP contribution in [0.5, 0.6) is 0 Å². The Bertz CT molecular complexity index is 611. The number of hydrogen-bond acceptors (Lipinski definition) is 3. The van der Waals surface area contributed by atoms with E-state index in [0.717, 1.165) is 24.8 Å². The number of fused-ring (bicyclic) bond motifs is 2. The Kier molecular flexibility index (Phi) is 5.00. The molecule has 5 heteroatoms. The van der Waals surface area contributed by atoms with Crippen LogP contribution in [0.1, 0.15) is 45.6 Å². The fourth-order valence-corrected chi connectivity index (χ4v) is 5.41. The minimum absolute atomic E-state index is 0.0585. The smallest absolute Gasteiger partial charge is 0.410 e. The van der Waals surface area contributed by atoms with Crippen LogP contribution in [0.2, 0.25) is 0 Å². The first-order valence-electron chi connectivity index (χ1n) is 8.74. The summed E-state index contributed by atoms with van der Waals surface area (Å²) < 4.78 is 18.2. The highest BCUT2D eigenvalue weighted by atomic mass is 32.2. The summed E-state index contributed by atoms with van der Waals surface area (Å²) in [5.41, 5.74) is 0.593. The van der Waals surface area contributed by atoms with Crippen LogP contribution in [0.4, 0.5) is 4.79 Å². The van der Waals surface area contributed by atoms with Gasteiger partial charge in [-0.2, -0.15) is 0 Å². The summed E-state index contributed by atoms with van der Waals surface area (Å²) in [5, 5.41) is 0. The number of nitrogens with zero attached hydrogens (tertiary/aromatic N) is 1. The van der Waals surface area contributed by atoms with Crippen molar-refractivity contribution in [3.8, 4) is 0 Å². The maximum atomic E-state index is 12.6. The van der Waals surface area contributed by atoms with Crippen LogP contribution in [-0.4, -0.2) is 38.6 Å². The lowest BCUT2D eigenvalue weighted by molar-refractivity contribution is 0.0101. The molecule has 1 saturated heterocycles. The molecule has 0 unspecified atom stereocenters. The van der Waals surface area contributed by atoms with Crippen LogP contribution in [0.3, 0.4) is 0 Å². The third-order valence-electron chi connectivity index (χ3n) is 4.87. The van der Waals surface area contributed by atoms with Gasteiger partial charge in [0, 0.05) is 34.4 Å². The van der Waals surface area contributed by atoms with Crippen LogP contribution in [0.15, 0.2) is 30.3 Å². The fraction of sp³-hybridized carbons (Fsp3) is 0.632. The summed E-state index contributed by atoms with van der Waals surface area (Å²) in [5.74, 6) is 1.58. The summed E-state index contributed by atoms with van der Waals surface area (Å²) in [6.45, 7) is 5.67. The summed E-state index contributed by atoms with van der Waals surface area (Å²) in [7, 11) is -0.972. The second-order valence-electron chi connectivity index (χ2n) is 7.92. The Morgan fingerprint density at radius 1 is 1.25 bits per heavy atom. The van der Waals surface area contributed by atoms with E-state index in [1.165, 1.54) is 0 Å². The van der Waals surface area contributed by atoms with Gasteiger partial charge in [-0.3, -0.25) is 4.21 Å². The maximum Gasteiger partial charge on any atom is 0.410 e. The van der Waals surface area contributed by atoms with Crippen molar-refractivity contribution in [2.45, 2.75) is 63.5 Å². The number of rotatable bonds is 4. The average molecular weight is 349 g/mol. The molecule has 1 aromatic carbocycles. The summed E-state index contributed by atoms with van der Waals surface area (Å²) in [4.78, 5) is 14.5. The molecule has 2 fully saturated rings. The normalized spacial score (nSPS) is 27.3. The third kappa shape index (κ3) is 4.00. The highest BCUT2D eigenvalue weighted by molar-refractivity contribution is 7.84. The predicted molar refractivity (Wildman–Crippen MR) is 96.1 cm³/mol.